The topological polar surface area (TPSA) is 21.1 Å². The highest BCUT2D eigenvalue weighted by Gasteiger charge is 2.18. The van der Waals surface area contributed by atoms with Crippen LogP contribution in [0.4, 0.5) is 8.78 Å². The molecular weight excluding hydrogens is 372 g/mol. The molecule has 0 N–H and O–H groups in total. The minimum absolute atomic E-state index is 0.218. The Kier molecular flexibility index (Phi) is 6.73. The first kappa shape index (κ1) is 16.0. The second-order valence-corrected chi connectivity index (χ2v) is 5.59. The number of hydrogen-bond acceptors (Lipinski definition) is 2. The fourth-order valence-electron chi connectivity index (χ4n) is 1.75. The SMILES string of the molecule is CCc1nn(C)c(CN(CCBr)CC(F)F)c1Br. The Balaban J connectivity index is 2.82. The van der Waals surface area contributed by atoms with E-state index in [2.05, 4.69) is 37.0 Å². The Labute approximate surface area is 123 Å². The first-order valence-corrected chi connectivity index (χ1v) is 7.67. The van der Waals surface area contributed by atoms with Gasteiger partial charge in [-0.15, -0.1) is 0 Å². The van der Waals surface area contributed by atoms with Crippen LogP contribution in [0.15, 0.2) is 4.47 Å². The van der Waals surface area contributed by atoms with Gasteiger partial charge < -0.3 is 0 Å². The quantitative estimate of drug-likeness (QED) is 0.668. The molecule has 3 nitrogen and oxygen atoms in total. The number of nitrogens with zero attached hydrogens (tertiary/aromatic N) is 3. The average Bonchev–Trinajstić information content (AvgIpc) is 2.56. The van der Waals surface area contributed by atoms with Crippen LogP contribution < -0.4 is 0 Å². The van der Waals surface area contributed by atoms with Crippen molar-refractivity contribution in [3.05, 3.63) is 15.9 Å². The fraction of sp³-hybridized carbons (Fsp3) is 0.727. The molecule has 0 saturated carbocycles. The van der Waals surface area contributed by atoms with Gasteiger partial charge in [0.2, 0.25) is 0 Å². The van der Waals surface area contributed by atoms with Gasteiger partial charge in [0.1, 0.15) is 0 Å². The fourth-order valence-corrected chi connectivity index (χ4v) is 3.00. The van der Waals surface area contributed by atoms with Crippen LogP contribution in [0.3, 0.4) is 0 Å². The van der Waals surface area contributed by atoms with Crippen LogP contribution in [-0.2, 0) is 20.0 Å². The van der Waals surface area contributed by atoms with Crippen LogP contribution in [0.25, 0.3) is 0 Å². The minimum atomic E-state index is -2.32. The Morgan fingerprint density at radius 2 is 2.11 bits per heavy atom. The monoisotopic (exact) mass is 387 g/mol. The van der Waals surface area contributed by atoms with Crippen LogP contribution in [0.1, 0.15) is 18.3 Å². The van der Waals surface area contributed by atoms with E-state index in [4.69, 9.17) is 0 Å². The minimum Gasteiger partial charge on any atom is -0.291 e. The molecule has 1 heterocycles. The number of hydrogen-bond donors (Lipinski definition) is 0. The normalized spacial score (nSPS) is 11.8. The summed E-state index contributed by atoms with van der Waals surface area (Å²) in [7, 11) is 1.84. The summed E-state index contributed by atoms with van der Waals surface area (Å²) in [6.07, 6.45) is -1.50. The Morgan fingerprint density at radius 1 is 1.44 bits per heavy atom. The van der Waals surface area contributed by atoms with E-state index in [1.54, 1.807) is 9.58 Å². The van der Waals surface area contributed by atoms with Gasteiger partial charge >= 0.3 is 0 Å². The maximum absolute atomic E-state index is 12.5. The molecule has 0 bridgehead atoms. The lowest BCUT2D eigenvalue weighted by molar-refractivity contribution is 0.0869. The average molecular weight is 389 g/mol. The van der Waals surface area contributed by atoms with Crippen LogP contribution in [0.5, 0.6) is 0 Å². The molecule has 18 heavy (non-hydrogen) atoms. The number of rotatable bonds is 7. The molecule has 0 aliphatic heterocycles. The van der Waals surface area contributed by atoms with Crippen molar-refractivity contribution in [3.8, 4) is 0 Å². The van der Waals surface area contributed by atoms with Crippen LogP contribution in [-0.4, -0.2) is 39.5 Å². The molecule has 1 rings (SSSR count). The molecule has 0 spiro atoms. The van der Waals surface area contributed by atoms with Gasteiger partial charge in [0, 0.05) is 25.5 Å². The molecular formula is C11H17Br2F2N3. The molecule has 0 aliphatic carbocycles. The van der Waals surface area contributed by atoms with Gasteiger partial charge in [-0.3, -0.25) is 9.58 Å². The first-order chi connectivity index (χ1) is 8.49. The lowest BCUT2D eigenvalue weighted by Gasteiger charge is -2.21. The maximum atomic E-state index is 12.5. The summed E-state index contributed by atoms with van der Waals surface area (Å²) in [6, 6.07) is 0. The van der Waals surface area contributed by atoms with Crippen molar-refractivity contribution in [2.75, 3.05) is 18.4 Å². The highest BCUT2D eigenvalue weighted by Crippen LogP contribution is 2.23. The second-order valence-electron chi connectivity index (χ2n) is 4.00. The van der Waals surface area contributed by atoms with Gasteiger partial charge in [-0.2, -0.15) is 5.10 Å². The summed E-state index contributed by atoms with van der Waals surface area (Å²) in [4.78, 5) is 1.72. The number of aryl methyl sites for hydroxylation is 2. The highest BCUT2D eigenvalue weighted by atomic mass is 79.9. The molecule has 0 saturated heterocycles. The standard InChI is InChI=1S/C11H17Br2F2N3/c1-3-8-11(13)9(17(2)16-8)6-18(5-4-12)7-10(14)15/h10H,3-7H2,1-2H3. The third-order valence-electron chi connectivity index (χ3n) is 2.67. The van der Waals surface area contributed by atoms with Crippen molar-refractivity contribution in [2.24, 2.45) is 7.05 Å². The van der Waals surface area contributed by atoms with E-state index in [0.717, 1.165) is 22.3 Å². The van der Waals surface area contributed by atoms with Crippen molar-refractivity contribution in [1.82, 2.24) is 14.7 Å². The molecule has 0 atom stereocenters. The van der Waals surface area contributed by atoms with E-state index >= 15 is 0 Å². The molecule has 104 valence electrons. The van der Waals surface area contributed by atoms with Crippen molar-refractivity contribution in [2.45, 2.75) is 26.3 Å². The first-order valence-electron chi connectivity index (χ1n) is 5.76. The smallest absolute Gasteiger partial charge is 0.251 e. The lowest BCUT2D eigenvalue weighted by Crippen LogP contribution is -2.31. The number of aromatic nitrogens is 2. The third-order valence-corrected chi connectivity index (χ3v) is 3.94. The molecule has 0 aliphatic rings. The van der Waals surface area contributed by atoms with Gasteiger partial charge in [-0.05, 0) is 22.4 Å². The number of alkyl halides is 3. The van der Waals surface area contributed by atoms with E-state index in [1.165, 1.54) is 0 Å². The summed E-state index contributed by atoms with van der Waals surface area (Å²) in [6.45, 7) is 2.86. The molecule has 0 aromatic carbocycles. The van der Waals surface area contributed by atoms with Crippen molar-refractivity contribution in [1.29, 1.82) is 0 Å². The predicted octanol–water partition coefficient (Wildman–Crippen LogP) is 3.21. The van der Waals surface area contributed by atoms with E-state index < -0.39 is 6.43 Å². The third kappa shape index (κ3) is 4.28. The molecule has 1 aromatic heterocycles. The van der Waals surface area contributed by atoms with E-state index in [-0.39, 0.29) is 6.54 Å². The Bertz CT molecular complexity index is 383. The Hall–Kier alpha value is -0.0100. The second kappa shape index (κ2) is 7.55. The molecule has 0 unspecified atom stereocenters. The highest BCUT2D eigenvalue weighted by molar-refractivity contribution is 9.10. The van der Waals surface area contributed by atoms with E-state index in [9.17, 15) is 8.78 Å². The van der Waals surface area contributed by atoms with Gasteiger partial charge in [0.05, 0.1) is 22.4 Å². The van der Waals surface area contributed by atoms with Crippen molar-refractivity contribution < 1.29 is 8.78 Å². The summed E-state index contributed by atoms with van der Waals surface area (Å²) >= 11 is 6.79. The zero-order valence-electron chi connectivity index (χ0n) is 10.5. The molecule has 0 radical (unpaired) electrons. The van der Waals surface area contributed by atoms with Crippen molar-refractivity contribution in [3.63, 3.8) is 0 Å². The van der Waals surface area contributed by atoms with Crippen LogP contribution in [0, 0.1) is 0 Å². The zero-order chi connectivity index (χ0) is 13.7. The number of halogens is 4. The predicted molar refractivity (Wildman–Crippen MR) is 75.4 cm³/mol. The molecule has 1 aromatic rings. The summed E-state index contributed by atoms with van der Waals surface area (Å²) in [5.74, 6) is 0. The van der Waals surface area contributed by atoms with Crippen LogP contribution in [0.2, 0.25) is 0 Å². The largest absolute Gasteiger partial charge is 0.291 e. The molecule has 0 amide bonds. The maximum Gasteiger partial charge on any atom is 0.251 e. The zero-order valence-corrected chi connectivity index (χ0v) is 13.6. The summed E-state index contributed by atoms with van der Waals surface area (Å²) in [5.41, 5.74) is 1.90. The van der Waals surface area contributed by atoms with Gasteiger partial charge in [0.15, 0.2) is 0 Å². The van der Waals surface area contributed by atoms with E-state index in [0.29, 0.717) is 18.4 Å². The Morgan fingerprint density at radius 3 is 2.56 bits per heavy atom. The lowest BCUT2D eigenvalue weighted by atomic mass is 10.3. The van der Waals surface area contributed by atoms with Gasteiger partial charge in [0.25, 0.3) is 6.43 Å². The van der Waals surface area contributed by atoms with Crippen molar-refractivity contribution >= 4 is 31.9 Å². The van der Waals surface area contributed by atoms with E-state index in [1.807, 2.05) is 14.0 Å². The summed E-state index contributed by atoms with van der Waals surface area (Å²) < 4.78 is 27.7. The van der Waals surface area contributed by atoms with Gasteiger partial charge in [-0.25, -0.2) is 8.78 Å². The molecule has 7 heteroatoms. The molecule has 0 fully saturated rings. The summed E-state index contributed by atoms with van der Waals surface area (Å²) in [5, 5.41) is 5.04. The van der Waals surface area contributed by atoms with Gasteiger partial charge in [-0.1, -0.05) is 22.9 Å². The van der Waals surface area contributed by atoms with Crippen LogP contribution >= 0.6 is 31.9 Å².